The minimum atomic E-state index is -0.580. The zero-order valence-corrected chi connectivity index (χ0v) is 8.22. The lowest BCUT2D eigenvalue weighted by atomic mass is 10.1. The van der Waals surface area contributed by atoms with Gasteiger partial charge in [-0.3, -0.25) is 9.59 Å². The van der Waals surface area contributed by atoms with Gasteiger partial charge in [0.25, 0.3) is 0 Å². The Morgan fingerprint density at radius 2 is 1.85 bits per heavy atom. The van der Waals surface area contributed by atoms with E-state index < -0.39 is 5.91 Å². The van der Waals surface area contributed by atoms with Gasteiger partial charge in [0.05, 0.1) is 0 Å². The minimum Gasteiger partial charge on any atom is -0.368 e. The zero-order chi connectivity index (χ0) is 10.5. The summed E-state index contributed by atoms with van der Waals surface area (Å²) in [4.78, 5) is 21.3. The van der Waals surface area contributed by atoms with E-state index in [2.05, 4.69) is 5.32 Å². The van der Waals surface area contributed by atoms with Crippen molar-refractivity contribution >= 4 is 11.8 Å². The first-order valence-corrected chi connectivity index (χ1v) is 3.98. The molecule has 2 amide bonds. The first kappa shape index (κ1) is 11.9. The highest BCUT2D eigenvalue weighted by Gasteiger charge is 2.13. The van der Waals surface area contributed by atoms with Gasteiger partial charge in [-0.1, -0.05) is 0 Å². The fourth-order valence-corrected chi connectivity index (χ4v) is 0.699. The molecule has 0 saturated carbocycles. The standard InChI is InChI=1S/C8H16N2O3/c1-8(2,3)10-7(12)5-13-4-6(9)11/h4-5H2,1-3H3,(H2,9,11)(H,10,12). The fourth-order valence-electron chi connectivity index (χ4n) is 0.699. The first-order valence-electron chi connectivity index (χ1n) is 3.98. The number of nitrogens with two attached hydrogens (primary N) is 1. The van der Waals surface area contributed by atoms with Gasteiger partial charge in [0, 0.05) is 5.54 Å². The Labute approximate surface area is 77.6 Å². The van der Waals surface area contributed by atoms with Crippen LogP contribution in [0.25, 0.3) is 0 Å². The molecule has 0 radical (unpaired) electrons. The molecule has 0 aliphatic carbocycles. The third-order valence-electron chi connectivity index (χ3n) is 0.992. The summed E-state index contributed by atoms with van der Waals surface area (Å²) in [5.41, 5.74) is 4.53. The van der Waals surface area contributed by atoms with Gasteiger partial charge in [-0.05, 0) is 20.8 Å². The highest BCUT2D eigenvalue weighted by molar-refractivity contribution is 5.79. The van der Waals surface area contributed by atoms with Crippen molar-refractivity contribution in [2.75, 3.05) is 13.2 Å². The van der Waals surface area contributed by atoms with Crippen LogP contribution in [0.3, 0.4) is 0 Å². The molecule has 13 heavy (non-hydrogen) atoms. The average Bonchev–Trinajstić information content (AvgIpc) is 1.81. The van der Waals surface area contributed by atoms with Gasteiger partial charge in [0.15, 0.2) is 0 Å². The van der Waals surface area contributed by atoms with Crippen molar-refractivity contribution in [3.8, 4) is 0 Å². The molecule has 0 rings (SSSR count). The summed E-state index contributed by atoms with van der Waals surface area (Å²) in [5.74, 6) is -0.836. The van der Waals surface area contributed by atoms with Crippen LogP contribution in [0.15, 0.2) is 0 Å². The lowest BCUT2D eigenvalue weighted by Gasteiger charge is -2.20. The van der Waals surface area contributed by atoms with Crippen LogP contribution in [0.2, 0.25) is 0 Å². The Hall–Kier alpha value is -1.10. The number of amides is 2. The van der Waals surface area contributed by atoms with Gasteiger partial charge >= 0.3 is 0 Å². The van der Waals surface area contributed by atoms with E-state index >= 15 is 0 Å². The van der Waals surface area contributed by atoms with Gasteiger partial charge in [-0.25, -0.2) is 0 Å². The molecule has 0 heterocycles. The summed E-state index contributed by atoms with van der Waals surface area (Å²) in [5, 5.41) is 2.68. The average molecular weight is 188 g/mol. The van der Waals surface area contributed by atoms with E-state index in [0.29, 0.717) is 0 Å². The number of primary amides is 1. The molecule has 0 aromatic carbocycles. The molecule has 3 N–H and O–H groups in total. The van der Waals surface area contributed by atoms with E-state index in [1.54, 1.807) is 0 Å². The molecule has 5 heteroatoms. The number of carbonyl (C=O) groups is 2. The topological polar surface area (TPSA) is 81.4 Å². The van der Waals surface area contributed by atoms with Gasteiger partial charge in [0.1, 0.15) is 13.2 Å². The second-order valence-electron chi connectivity index (χ2n) is 3.76. The quantitative estimate of drug-likeness (QED) is 0.618. The maximum absolute atomic E-state index is 11.1. The summed E-state index contributed by atoms with van der Waals surface area (Å²) in [6.45, 7) is 5.22. The normalized spacial score (nSPS) is 11.0. The molecule has 0 bridgehead atoms. The molecule has 0 saturated heterocycles. The molecular formula is C8H16N2O3. The molecule has 0 aromatic rings. The van der Waals surface area contributed by atoms with Gasteiger partial charge in [-0.15, -0.1) is 0 Å². The smallest absolute Gasteiger partial charge is 0.246 e. The van der Waals surface area contributed by atoms with Crippen LogP contribution in [0, 0.1) is 0 Å². The van der Waals surface area contributed by atoms with Crippen molar-refractivity contribution in [1.82, 2.24) is 5.32 Å². The molecule has 0 aliphatic rings. The van der Waals surface area contributed by atoms with Crippen molar-refractivity contribution in [2.24, 2.45) is 5.73 Å². The van der Waals surface area contributed by atoms with Crippen LogP contribution in [0.1, 0.15) is 20.8 Å². The maximum atomic E-state index is 11.1. The summed E-state index contributed by atoms with van der Waals surface area (Å²) >= 11 is 0. The third kappa shape index (κ3) is 8.81. The van der Waals surface area contributed by atoms with Gasteiger partial charge in [0.2, 0.25) is 11.8 Å². The predicted molar refractivity (Wildman–Crippen MR) is 47.9 cm³/mol. The molecule has 0 atom stereocenters. The number of hydrogen-bond acceptors (Lipinski definition) is 3. The molecule has 0 aromatic heterocycles. The van der Waals surface area contributed by atoms with E-state index in [0.717, 1.165) is 0 Å². The van der Waals surface area contributed by atoms with Crippen molar-refractivity contribution in [3.05, 3.63) is 0 Å². The van der Waals surface area contributed by atoms with Gasteiger partial charge in [-0.2, -0.15) is 0 Å². The van der Waals surface area contributed by atoms with Crippen LogP contribution in [0.4, 0.5) is 0 Å². The van der Waals surface area contributed by atoms with Crippen molar-refractivity contribution in [2.45, 2.75) is 26.3 Å². The lowest BCUT2D eigenvalue weighted by molar-refractivity contribution is -0.130. The molecule has 0 unspecified atom stereocenters. The van der Waals surface area contributed by atoms with E-state index in [-0.39, 0.29) is 24.7 Å². The van der Waals surface area contributed by atoms with E-state index in [4.69, 9.17) is 10.5 Å². The Bertz CT molecular complexity index is 196. The predicted octanol–water partition coefficient (Wildman–Crippen LogP) is -0.597. The summed E-state index contributed by atoms with van der Waals surface area (Å²) in [7, 11) is 0. The first-order chi connectivity index (χ1) is 5.81. The van der Waals surface area contributed by atoms with Gasteiger partial charge < -0.3 is 15.8 Å². The van der Waals surface area contributed by atoms with Crippen LogP contribution < -0.4 is 11.1 Å². The molecule has 0 fully saturated rings. The number of hydrogen-bond donors (Lipinski definition) is 2. The van der Waals surface area contributed by atoms with Crippen LogP contribution >= 0.6 is 0 Å². The Kier molecular flexibility index (Phi) is 4.40. The van der Waals surface area contributed by atoms with Crippen LogP contribution in [-0.2, 0) is 14.3 Å². The highest BCUT2D eigenvalue weighted by Crippen LogP contribution is 1.97. The summed E-state index contributed by atoms with van der Waals surface area (Å²) in [6.07, 6.45) is 0. The SMILES string of the molecule is CC(C)(C)NC(=O)COCC(N)=O. The second-order valence-corrected chi connectivity index (χ2v) is 3.76. The summed E-state index contributed by atoms with van der Waals surface area (Å²) < 4.78 is 4.72. The fraction of sp³-hybridized carbons (Fsp3) is 0.750. The molecule has 5 nitrogen and oxygen atoms in total. The second kappa shape index (κ2) is 4.81. The maximum Gasteiger partial charge on any atom is 0.246 e. The Morgan fingerprint density at radius 3 is 2.23 bits per heavy atom. The third-order valence-corrected chi connectivity index (χ3v) is 0.992. The number of ether oxygens (including phenoxy) is 1. The number of nitrogens with one attached hydrogen (secondary N) is 1. The Morgan fingerprint density at radius 1 is 1.31 bits per heavy atom. The Balaban J connectivity index is 3.59. The highest BCUT2D eigenvalue weighted by atomic mass is 16.5. The van der Waals surface area contributed by atoms with E-state index in [9.17, 15) is 9.59 Å². The van der Waals surface area contributed by atoms with Crippen LogP contribution in [0.5, 0.6) is 0 Å². The summed E-state index contributed by atoms with van der Waals surface area (Å²) in [6, 6.07) is 0. The molecule has 0 spiro atoms. The number of carbonyl (C=O) groups excluding carboxylic acids is 2. The van der Waals surface area contributed by atoms with Crippen molar-refractivity contribution in [1.29, 1.82) is 0 Å². The van der Waals surface area contributed by atoms with Crippen molar-refractivity contribution < 1.29 is 14.3 Å². The molecule has 0 aliphatic heterocycles. The lowest BCUT2D eigenvalue weighted by Crippen LogP contribution is -2.42. The van der Waals surface area contributed by atoms with Crippen LogP contribution in [-0.4, -0.2) is 30.6 Å². The molecule has 76 valence electrons. The van der Waals surface area contributed by atoms with Crippen molar-refractivity contribution in [3.63, 3.8) is 0 Å². The monoisotopic (exact) mass is 188 g/mol. The molecular weight excluding hydrogens is 172 g/mol. The number of rotatable bonds is 4. The van der Waals surface area contributed by atoms with E-state index in [1.165, 1.54) is 0 Å². The van der Waals surface area contributed by atoms with E-state index in [1.807, 2.05) is 20.8 Å². The minimum absolute atomic E-state index is 0.139. The largest absolute Gasteiger partial charge is 0.368 e. The zero-order valence-electron chi connectivity index (χ0n) is 8.22.